The third kappa shape index (κ3) is 6.09. The van der Waals surface area contributed by atoms with E-state index in [-0.39, 0.29) is 23.6 Å². The standard InChI is InChI=1S/C23H23Cl2N5O4.H3N/c24-15-3-5-17(20(25)12-15)18-13-28(14-19(18)23(31)29-8-10-34-11-9-29)7-1-2-16-4-6-21(30(32)33)22(26)27-16;/h3-6,12-14H,1-2,7-11H2,(H2,26,27);1H3. The fourth-order valence-electron chi connectivity index (χ4n) is 3.91. The van der Waals surface area contributed by atoms with Gasteiger partial charge < -0.3 is 26.1 Å². The predicted molar refractivity (Wildman–Crippen MR) is 135 cm³/mol. The summed E-state index contributed by atoms with van der Waals surface area (Å²) in [6.07, 6.45) is 5.00. The molecule has 1 fully saturated rings. The number of halogens is 2. The fraction of sp³-hybridized carbons (Fsp3) is 0.304. The van der Waals surface area contributed by atoms with Crippen molar-refractivity contribution in [1.82, 2.24) is 20.6 Å². The number of aromatic nitrogens is 2. The second-order valence-electron chi connectivity index (χ2n) is 7.92. The summed E-state index contributed by atoms with van der Waals surface area (Å²) in [5, 5.41) is 11.9. The first-order valence-electron chi connectivity index (χ1n) is 10.8. The van der Waals surface area contributed by atoms with E-state index in [9.17, 15) is 14.9 Å². The van der Waals surface area contributed by atoms with Crippen LogP contribution in [0.1, 0.15) is 22.5 Å². The van der Waals surface area contributed by atoms with Crippen LogP contribution in [0.5, 0.6) is 0 Å². The number of hydrogen-bond acceptors (Lipinski definition) is 7. The fourth-order valence-corrected chi connectivity index (χ4v) is 4.42. The Bertz CT molecular complexity index is 1230. The van der Waals surface area contributed by atoms with Gasteiger partial charge in [0.2, 0.25) is 5.82 Å². The van der Waals surface area contributed by atoms with E-state index in [0.717, 1.165) is 11.1 Å². The summed E-state index contributed by atoms with van der Waals surface area (Å²) in [7, 11) is 0. The highest BCUT2D eigenvalue weighted by atomic mass is 35.5. The molecule has 1 aliphatic heterocycles. The van der Waals surface area contributed by atoms with E-state index in [1.165, 1.54) is 6.07 Å². The number of hydrogen-bond donors (Lipinski definition) is 2. The molecular weight excluding hydrogens is 495 g/mol. The number of ether oxygens (including phenoxy) is 1. The van der Waals surface area contributed by atoms with Crippen LogP contribution in [0, 0.1) is 10.1 Å². The molecule has 5 N–H and O–H groups in total. The van der Waals surface area contributed by atoms with Crippen LogP contribution in [-0.4, -0.2) is 51.6 Å². The van der Waals surface area contributed by atoms with Crippen LogP contribution in [-0.2, 0) is 17.7 Å². The molecule has 1 amide bonds. The highest BCUT2D eigenvalue weighted by molar-refractivity contribution is 6.36. The number of amides is 1. The van der Waals surface area contributed by atoms with Gasteiger partial charge >= 0.3 is 5.69 Å². The summed E-state index contributed by atoms with van der Waals surface area (Å²) in [5.41, 5.74) is 8.17. The molecule has 0 aliphatic carbocycles. The zero-order valence-corrected chi connectivity index (χ0v) is 20.5. The van der Waals surface area contributed by atoms with Crippen LogP contribution in [0.3, 0.4) is 0 Å². The topological polar surface area (TPSA) is 152 Å². The maximum atomic E-state index is 13.3. The predicted octanol–water partition coefficient (Wildman–Crippen LogP) is 4.61. The van der Waals surface area contributed by atoms with Crippen molar-refractivity contribution >= 4 is 40.6 Å². The summed E-state index contributed by atoms with van der Waals surface area (Å²) < 4.78 is 7.32. The van der Waals surface area contributed by atoms with Gasteiger partial charge in [0.25, 0.3) is 5.91 Å². The van der Waals surface area contributed by atoms with Crippen LogP contribution < -0.4 is 11.9 Å². The monoisotopic (exact) mass is 520 g/mol. The van der Waals surface area contributed by atoms with Gasteiger partial charge in [-0.2, -0.15) is 0 Å². The second-order valence-corrected chi connectivity index (χ2v) is 8.76. The number of nitrogens with two attached hydrogens (primary N) is 1. The lowest BCUT2D eigenvalue weighted by atomic mass is 10.0. The molecule has 0 atom stereocenters. The van der Waals surface area contributed by atoms with Crippen LogP contribution in [0.2, 0.25) is 10.0 Å². The first kappa shape index (κ1) is 26.4. The number of carbonyl (C=O) groups excluding carboxylic acids is 1. The Hall–Kier alpha value is -3.18. The van der Waals surface area contributed by atoms with E-state index in [0.29, 0.717) is 67.0 Å². The number of aryl methyl sites for hydroxylation is 2. The van der Waals surface area contributed by atoms with Gasteiger partial charge in [-0.25, -0.2) is 4.98 Å². The lowest BCUT2D eigenvalue weighted by molar-refractivity contribution is -0.384. The number of anilines is 1. The molecule has 1 aliphatic rings. The van der Waals surface area contributed by atoms with Crippen LogP contribution in [0.15, 0.2) is 42.7 Å². The average Bonchev–Trinajstić information content (AvgIpc) is 3.22. The Morgan fingerprint density at radius 3 is 2.54 bits per heavy atom. The van der Waals surface area contributed by atoms with E-state index in [2.05, 4.69) is 4.98 Å². The minimum Gasteiger partial charge on any atom is -0.378 e. The lowest BCUT2D eigenvalue weighted by Crippen LogP contribution is -2.40. The zero-order chi connectivity index (χ0) is 24.2. The molecule has 0 unspecified atom stereocenters. The van der Waals surface area contributed by atoms with Crippen molar-refractivity contribution < 1.29 is 14.5 Å². The molecule has 0 spiro atoms. The summed E-state index contributed by atoms with van der Waals surface area (Å²) in [5.74, 6) is -0.172. The number of nitrogens with zero attached hydrogens (tertiary/aromatic N) is 4. The number of rotatable bonds is 7. The van der Waals surface area contributed by atoms with Crippen molar-refractivity contribution in [3.8, 4) is 11.1 Å². The summed E-state index contributed by atoms with van der Waals surface area (Å²) >= 11 is 12.5. The Morgan fingerprint density at radius 1 is 1.14 bits per heavy atom. The molecule has 10 nitrogen and oxygen atoms in total. The number of morpholine rings is 1. The van der Waals surface area contributed by atoms with E-state index in [4.69, 9.17) is 33.7 Å². The Labute approximate surface area is 212 Å². The molecule has 35 heavy (non-hydrogen) atoms. The average molecular weight is 521 g/mol. The van der Waals surface area contributed by atoms with E-state index < -0.39 is 4.92 Å². The molecule has 3 aromatic rings. The molecular formula is C23H26Cl2N6O4. The molecule has 4 rings (SSSR count). The smallest absolute Gasteiger partial charge is 0.311 e. The Morgan fingerprint density at radius 2 is 1.89 bits per heavy atom. The van der Waals surface area contributed by atoms with Crippen molar-refractivity contribution in [2.45, 2.75) is 19.4 Å². The molecule has 1 saturated heterocycles. The van der Waals surface area contributed by atoms with E-state index >= 15 is 0 Å². The number of nitrogen functional groups attached to an aromatic ring is 1. The first-order chi connectivity index (χ1) is 16.3. The summed E-state index contributed by atoms with van der Waals surface area (Å²) in [4.78, 5) is 29.6. The summed E-state index contributed by atoms with van der Waals surface area (Å²) in [6.45, 7) is 2.69. The molecule has 186 valence electrons. The van der Waals surface area contributed by atoms with Gasteiger partial charge in [0.15, 0.2) is 0 Å². The van der Waals surface area contributed by atoms with Crippen LogP contribution in [0.4, 0.5) is 11.5 Å². The molecule has 0 bridgehead atoms. The lowest BCUT2D eigenvalue weighted by Gasteiger charge is -2.27. The molecule has 1 aromatic carbocycles. The molecule has 12 heteroatoms. The van der Waals surface area contributed by atoms with Gasteiger partial charge in [-0.05, 0) is 31.0 Å². The third-order valence-corrected chi connectivity index (χ3v) is 6.18. The Balaban J connectivity index is 0.00000342. The SMILES string of the molecule is N.Nc1nc(CCCn2cc(C(=O)N3CCOCC3)c(-c3ccc(Cl)cc3Cl)c2)ccc1[N+](=O)[O-]. The van der Waals surface area contributed by atoms with Crippen LogP contribution >= 0.6 is 23.2 Å². The van der Waals surface area contributed by atoms with E-state index in [1.54, 1.807) is 23.1 Å². The maximum Gasteiger partial charge on any atom is 0.311 e. The van der Waals surface area contributed by atoms with Crippen molar-refractivity contribution in [3.63, 3.8) is 0 Å². The largest absolute Gasteiger partial charge is 0.378 e. The van der Waals surface area contributed by atoms with Gasteiger partial charge in [0.05, 0.1) is 23.7 Å². The van der Waals surface area contributed by atoms with Crippen molar-refractivity contribution in [1.29, 1.82) is 0 Å². The van der Waals surface area contributed by atoms with E-state index in [1.807, 2.05) is 23.0 Å². The number of nitro groups is 1. The molecule has 0 radical (unpaired) electrons. The first-order valence-corrected chi connectivity index (χ1v) is 11.5. The normalized spacial score (nSPS) is 13.4. The number of pyridine rings is 1. The van der Waals surface area contributed by atoms with Crippen molar-refractivity contribution in [3.05, 3.63) is 74.1 Å². The minimum atomic E-state index is -0.553. The van der Waals surface area contributed by atoms with Crippen molar-refractivity contribution in [2.24, 2.45) is 0 Å². The van der Waals surface area contributed by atoms with Gasteiger partial charge in [0.1, 0.15) is 0 Å². The van der Waals surface area contributed by atoms with Gasteiger partial charge in [-0.15, -0.1) is 0 Å². The molecule has 0 saturated carbocycles. The third-order valence-electron chi connectivity index (χ3n) is 5.64. The summed E-state index contributed by atoms with van der Waals surface area (Å²) in [6, 6.07) is 8.19. The quantitative estimate of drug-likeness (QED) is 0.340. The molecule has 3 heterocycles. The maximum absolute atomic E-state index is 13.3. The van der Waals surface area contributed by atoms with Crippen molar-refractivity contribution in [2.75, 3.05) is 32.0 Å². The highest BCUT2D eigenvalue weighted by Gasteiger charge is 2.24. The van der Waals surface area contributed by atoms with Gasteiger partial charge in [-0.1, -0.05) is 29.3 Å². The second kappa shape index (κ2) is 11.5. The van der Waals surface area contributed by atoms with Gasteiger partial charge in [-0.3, -0.25) is 14.9 Å². The number of benzene rings is 1. The molecule has 2 aromatic heterocycles. The highest BCUT2D eigenvalue weighted by Crippen LogP contribution is 2.34. The van der Waals surface area contributed by atoms with Gasteiger partial charge in [0, 0.05) is 65.0 Å². The minimum absolute atomic E-state index is 0. The Kier molecular flexibility index (Phi) is 8.68. The number of carbonyl (C=O) groups is 1. The zero-order valence-electron chi connectivity index (χ0n) is 19.0. The van der Waals surface area contributed by atoms with Crippen LogP contribution in [0.25, 0.3) is 11.1 Å².